The zero-order valence-corrected chi connectivity index (χ0v) is 15.6. The molecule has 0 unspecified atom stereocenters. The zero-order chi connectivity index (χ0) is 19.2. The van der Waals surface area contributed by atoms with Gasteiger partial charge >= 0.3 is 0 Å². The molecule has 0 saturated carbocycles. The molecule has 0 aromatic heterocycles. The predicted molar refractivity (Wildman–Crippen MR) is 103 cm³/mol. The Kier molecular flexibility index (Phi) is 5.96. The predicted octanol–water partition coefficient (Wildman–Crippen LogP) is 3.02. The Bertz CT molecular complexity index is 807. The van der Waals surface area contributed by atoms with E-state index in [1.54, 1.807) is 23.1 Å². The molecule has 2 aromatic carbocycles. The minimum atomic E-state index is -0.230. The van der Waals surface area contributed by atoms with Crippen molar-refractivity contribution >= 4 is 17.5 Å². The van der Waals surface area contributed by atoms with Crippen molar-refractivity contribution in [3.05, 3.63) is 54.1 Å². The van der Waals surface area contributed by atoms with Crippen molar-refractivity contribution in [3.8, 4) is 11.5 Å². The summed E-state index contributed by atoms with van der Waals surface area (Å²) in [5.41, 5.74) is 1.33. The molecule has 0 aliphatic carbocycles. The van der Waals surface area contributed by atoms with Crippen LogP contribution in [0.1, 0.15) is 30.6 Å². The number of nitrogens with zero attached hydrogens (tertiary/aromatic N) is 1. The summed E-state index contributed by atoms with van der Waals surface area (Å²) in [5.74, 6) is 0.933. The molecule has 0 radical (unpaired) electrons. The van der Waals surface area contributed by atoms with Gasteiger partial charge in [-0.3, -0.25) is 9.59 Å². The average molecular weight is 368 g/mol. The molecule has 1 heterocycles. The van der Waals surface area contributed by atoms with E-state index in [1.807, 2.05) is 44.2 Å². The summed E-state index contributed by atoms with van der Waals surface area (Å²) in [6.07, 6.45) is 0.288. The lowest BCUT2D eigenvalue weighted by Crippen LogP contribution is -2.37. The lowest BCUT2D eigenvalue weighted by molar-refractivity contribution is -0.117. The summed E-state index contributed by atoms with van der Waals surface area (Å²) in [4.78, 5) is 26.6. The normalized spacial score (nSPS) is 16.3. The highest BCUT2D eigenvalue weighted by Crippen LogP contribution is 2.29. The van der Waals surface area contributed by atoms with Gasteiger partial charge in [0.15, 0.2) is 11.5 Å². The Hall–Kier alpha value is -3.02. The Labute approximate surface area is 159 Å². The van der Waals surface area contributed by atoms with Gasteiger partial charge in [0.05, 0.1) is 19.3 Å². The van der Waals surface area contributed by atoms with Gasteiger partial charge in [0.1, 0.15) is 0 Å². The molecule has 1 aliphatic rings. The van der Waals surface area contributed by atoms with Gasteiger partial charge < -0.3 is 19.7 Å². The Balaban J connectivity index is 1.69. The van der Waals surface area contributed by atoms with Crippen LogP contribution in [0.4, 0.5) is 5.69 Å². The molecule has 2 aromatic rings. The van der Waals surface area contributed by atoms with Crippen LogP contribution in [0, 0.1) is 0 Å². The molecule has 3 rings (SSSR count). The number of carbonyl (C=O) groups excluding carboxylic acids is 2. The van der Waals surface area contributed by atoms with E-state index in [2.05, 4.69) is 5.32 Å². The smallest absolute Gasteiger partial charge is 0.251 e. The number of para-hydroxylation sites is 1. The largest absolute Gasteiger partial charge is 0.490 e. The van der Waals surface area contributed by atoms with Crippen LogP contribution in [0.15, 0.2) is 48.5 Å². The third kappa shape index (κ3) is 4.39. The number of amides is 2. The van der Waals surface area contributed by atoms with E-state index in [4.69, 9.17) is 9.47 Å². The maximum Gasteiger partial charge on any atom is 0.251 e. The number of nitrogens with one attached hydrogen (secondary N) is 1. The fourth-order valence-electron chi connectivity index (χ4n) is 3.12. The number of benzene rings is 2. The number of anilines is 1. The Morgan fingerprint density at radius 1 is 1.07 bits per heavy atom. The van der Waals surface area contributed by atoms with E-state index in [9.17, 15) is 9.59 Å². The maximum absolute atomic E-state index is 12.6. The molecule has 0 spiro atoms. The molecule has 27 heavy (non-hydrogen) atoms. The average Bonchev–Trinajstić information content (AvgIpc) is 3.04. The second-order valence-electron chi connectivity index (χ2n) is 6.24. The first-order valence-electron chi connectivity index (χ1n) is 9.18. The molecule has 2 amide bonds. The maximum atomic E-state index is 12.6. The third-order valence-electron chi connectivity index (χ3n) is 4.33. The van der Waals surface area contributed by atoms with Crippen molar-refractivity contribution in [2.45, 2.75) is 26.3 Å². The molecule has 1 saturated heterocycles. The topological polar surface area (TPSA) is 67.9 Å². The Morgan fingerprint density at radius 3 is 2.48 bits per heavy atom. The van der Waals surface area contributed by atoms with E-state index in [1.165, 1.54) is 0 Å². The van der Waals surface area contributed by atoms with E-state index in [0.717, 1.165) is 5.69 Å². The summed E-state index contributed by atoms with van der Waals surface area (Å²) in [6, 6.07) is 14.4. The van der Waals surface area contributed by atoms with Crippen LogP contribution in [-0.2, 0) is 4.79 Å². The number of hydrogen-bond acceptors (Lipinski definition) is 4. The molecule has 6 nitrogen and oxygen atoms in total. The molecule has 1 atom stereocenters. The molecule has 6 heteroatoms. The van der Waals surface area contributed by atoms with E-state index < -0.39 is 0 Å². The van der Waals surface area contributed by atoms with Gasteiger partial charge in [0.2, 0.25) is 5.91 Å². The fourth-order valence-corrected chi connectivity index (χ4v) is 3.12. The minimum absolute atomic E-state index is 0.00759. The molecule has 1 fully saturated rings. The summed E-state index contributed by atoms with van der Waals surface area (Å²) < 4.78 is 11.1. The van der Waals surface area contributed by atoms with Crippen LogP contribution in [0.2, 0.25) is 0 Å². The van der Waals surface area contributed by atoms with Gasteiger partial charge in [-0.05, 0) is 44.2 Å². The number of ether oxygens (including phenoxy) is 2. The van der Waals surface area contributed by atoms with Crippen molar-refractivity contribution in [3.63, 3.8) is 0 Å². The van der Waals surface area contributed by atoms with Crippen LogP contribution >= 0.6 is 0 Å². The monoisotopic (exact) mass is 368 g/mol. The second-order valence-corrected chi connectivity index (χ2v) is 6.24. The second kappa shape index (κ2) is 8.58. The molecule has 142 valence electrons. The summed E-state index contributed by atoms with van der Waals surface area (Å²) in [6.45, 7) is 5.24. The minimum Gasteiger partial charge on any atom is -0.490 e. The number of hydrogen-bond donors (Lipinski definition) is 1. The molecule has 0 bridgehead atoms. The summed E-state index contributed by atoms with van der Waals surface area (Å²) >= 11 is 0. The van der Waals surface area contributed by atoms with Gasteiger partial charge in [-0.15, -0.1) is 0 Å². The first-order valence-corrected chi connectivity index (χ1v) is 9.18. The van der Waals surface area contributed by atoms with Crippen LogP contribution in [0.3, 0.4) is 0 Å². The highest BCUT2D eigenvalue weighted by atomic mass is 16.5. The highest BCUT2D eigenvalue weighted by Gasteiger charge is 2.31. The molecular formula is C21H24N2O4. The zero-order valence-electron chi connectivity index (χ0n) is 15.6. The lowest BCUT2D eigenvalue weighted by Gasteiger charge is -2.17. The van der Waals surface area contributed by atoms with Crippen LogP contribution in [0.25, 0.3) is 0 Å². The van der Waals surface area contributed by atoms with E-state index >= 15 is 0 Å². The lowest BCUT2D eigenvalue weighted by atomic mass is 10.1. The fraction of sp³-hybridized carbons (Fsp3) is 0.333. The third-order valence-corrected chi connectivity index (χ3v) is 4.33. The van der Waals surface area contributed by atoms with Gasteiger partial charge in [-0.2, -0.15) is 0 Å². The van der Waals surface area contributed by atoms with Crippen LogP contribution < -0.4 is 19.7 Å². The van der Waals surface area contributed by atoms with Crippen LogP contribution in [-0.4, -0.2) is 37.6 Å². The van der Waals surface area contributed by atoms with Crippen molar-refractivity contribution in [2.24, 2.45) is 0 Å². The number of carbonyl (C=O) groups is 2. The van der Waals surface area contributed by atoms with Crippen molar-refractivity contribution in [2.75, 3.05) is 24.7 Å². The molecule has 1 N–H and O–H groups in total. The SMILES string of the molecule is CCOc1ccc(C(=O)N[C@@H]2CC(=O)N(c3ccccc3)C2)cc1OCC. The van der Waals surface area contributed by atoms with E-state index in [0.29, 0.717) is 36.8 Å². The highest BCUT2D eigenvalue weighted by molar-refractivity contribution is 5.99. The first kappa shape index (κ1) is 18.8. The van der Waals surface area contributed by atoms with Gasteiger partial charge in [0.25, 0.3) is 5.91 Å². The van der Waals surface area contributed by atoms with Crippen molar-refractivity contribution in [1.82, 2.24) is 5.32 Å². The summed E-state index contributed by atoms with van der Waals surface area (Å²) in [5, 5.41) is 2.95. The Morgan fingerprint density at radius 2 is 1.78 bits per heavy atom. The van der Waals surface area contributed by atoms with Crippen LogP contribution in [0.5, 0.6) is 11.5 Å². The number of rotatable bonds is 7. The molecule has 1 aliphatic heterocycles. The first-order chi connectivity index (χ1) is 13.1. The quantitative estimate of drug-likeness (QED) is 0.816. The molecular weight excluding hydrogens is 344 g/mol. The van der Waals surface area contributed by atoms with Crippen molar-refractivity contribution < 1.29 is 19.1 Å². The van der Waals surface area contributed by atoms with Gasteiger partial charge in [-0.1, -0.05) is 18.2 Å². The van der Waals surface area contributed by atoms with Crippen molar-refractivity contribution in [1.29, 1.82) is 0 Å². The van der Waals surface area contributed by atoms with Gasteiger partial charge in [-0.25, -0.2) is 0 Å². The van der Waals surface area contributed by atoms with Gasteiger partial charge in [0, 0.05) is 24.2 Å². The summed E-state index contributed by atoms with van der Waals surface area (Å²) in [7, 11) is 0. The van der Waals surface area contributed by atoms with E-state index in [-0.39, 0.29) is 24.3 Å². The standard InChI is InChI=1S/C21H24N2O4/c1-3-26-18-11-10-15(12-19(18)27-4-2)21(25)22-16-13-20(24)23(14-16)17-8-6-5-7-9-17/h5-12,16H,3-4,13-14H2,1-2H3,(H,22,25)/t16-/m1/s1.